The van der Waals surface area contributed by atoms with E-state index in [0.29, 0.717) is 33.3 Å². The molecule has 0 saturated carbocycles. The molecule has 2 aromatic heterocycles. The summed E-state index contributed by atoms with van der Waals surface area (Å²) in [4.78, 5) is 30.8. The van der Waals surface area contributed by atoms with Crippen molar-refractivity contribution >= 4 is 34.2 Å². The first-order valence-corrected chi connectivity index (χ1v) is 15.2. The standard InChI is InChI=1S/C35H33F5N6O3/c1-20(36)33(47)44-24-9-6-21(7-10-24)30-28(22-8-11-26(27(37)17-22)34(48)43-19-35(38,39)40)29-31(46(30)3)23(18-42-32(29)41)5-4-16-49-25-12-14-45(2)15-13-25/h6-11,17-18,25H,1,12-16,19H2,2-3H3,(H2,41,42)(H,43,48)(H,44,47). The van der Waals surface area contributed by atoms with Crippen molar-refractivity contribution in [3.05, 3.63) is 78.0 Å². The Bertz CT molecular complexity index is 1970. The fraction of sp³-hybridized carbons (Fsp3) is 0.286. The first kappa shape index (κ1) is 35.1. The van der Waals surface area contributed by atoms with Gasteiger partial charge in [0.05, 0.1) is 33.8 Å². The van der Waals surface area contributed by atoms with E-state index in [1.807, 2.05) is 0 Å². The fourth-order valence-electron chi connectivity index (χ4n) is 5.70. The smallest absolute Gasteiger partial charge is 0.383 e. The monoisotopic (exact) mass is 680 g/mol. The number of nitrogens with zero attached hydrogens (tertiary/aromatic N) is 3. The lowest BCUT2D eigenvalue weighted by molar-refractivity contribution is -0.123. The number of aromatic nitrogens is 2. The third kappa shape index (κ3) is 8.07. The third-order valence-electron chi connectivity index (χ3n) is 8.13. The second-order valence-electron chi connectivity index (χ2n) is 11.6. The van der Waals surface area contributed by atoms with Crippen LogP contribution in [0.25, 0.3) is 33.3 Å². The van der Waals surface area contributed by atoms with Crippen molar-refractivity contribution in [2.45, 2.75) is 25.1 Å². The van der Waals surface area contributed by atoms with Crippen LogP contribution in [0.3, 0.4) is 0 Å². The van der Waals surface area contributed by atoms with Gasteiger partial charge in [0.25, 0.3) is 11.8 Å². The van der Waals surface area contributed by atoms with E-state index in [0.717, 1.165) is 38.1 Å². The highest BCUT2D eigenvalue weighted by atomic mass is 19.4. The Morgan fingerprint density at radius 1 is 1.10 bits per heavy atom. The number of piperidine rings is 1. The Labute approximate surface area is 278 Å². The summed E-state index contributed by atoms with van der Waals surface area (Å²) in [6.07, 6.45) is -1.24. The molecule has 0 atom stereocenters. The summed E-state index contributed by atoms with van der Waals surface area (Å²) in [5.74, 6) is 1.81. The van der Waals surface area contributed by atoms with Gasteiger partial charge in [-0.05, 0) is 55.3 Å². The van der Waals surface area contributed by atoms with E-state index >= 15 is 4.39 Å². The van der Waals surface area contributed by atoms with Gasteiger partial charge in [-0.15, -0.1) is 0 Å². The number of aryl methyl sites for hydroxylation is 1. The van der Waals surface area contributed by atoms with Crippen LogP contribution in [-0.4, -0.2) is 71.8 Å². The molecule has 1 fully saturated rings. The molecular formula is C35H33F5N6O3. The number of nitrogens with two attached hydrogens (primary N) is 1. The average Bonchev–Trinajstić information content (AvgIpc) is 3.37. The van der Waals surface area contributed by atoms with Gasteiger partial charge in [-0.25, -0.2) is 13.8 Å². The minimum atomic E-state index is -4.67. The van der Waals surface area contributed by atoms with Crippen molar-refractivity contribution in [2.75, 3.05) is 44.3 Å². The Hall–Kier alpha value is -5.26. The molecule has 0 radical (unpaired) electrons. The van der Waals surface area contributed by atoms with Gasteiger partial charge in [0.2, 0.25) is 0 Å². The number of rotatable bonds is 8. The Morgan fingerprint density at radius 2 is 1.78 bits per heavy atom. The van der Waals surface area contributed by atoms with Gasteiger partial charge in [0, 0.05) is 37.6 Å². The van der Waals surface area contributed by atoms with E-state index < -0.39 is 41.7 Å². The fourth-order valence-corrected chi connectivity index (χ4v) is 5.70. The van der Waals surface area contributed by atoms with Crippen LogP contribution in [0.15, 0.2) is 61.1 Å². The number of benzene rings is 2. The predicted octanol–water partition coefficient (Wildman–Crippen LogP) is 5.80. The van der Waals surface area contributed by atoms with Crippen LogP contribution in [0.1, 0.15) is 28.8 Å². The number of nitrogens with one attached hydrogen (secondary N) is 2. The van der Waals surface area contributed by atoms with Crippen molar-refractivity contribution < 1.29 is 36.3 Å². The summed E-state index contributed by atoms with van der Waals surface area (Å²) in [5.41, 5.74) is 8.94. The summed E-state index contributed by atoms with van der Waals surface area (Å²) in [5, 5.41) is 4.48. The van der Waals surface area contributed by atoms with Gasteiger partial charge in [0.1, 0.15) is 24.8 Å². The summed E-state index contributed by atoms with van der Waals surface area (Å²) in [6.45, 7) is 3.43. The van der Waals surface area contributed by atoms with Crippen LogP contribution < -0.4 is 16.4 Å². The number of pyridine rings is 1. The summed E-state index contributed by atoms with van der Waals surface area (Å²) in [6, 6.07) is 9.90. The van der Waals surface area contributed by atoms with Gasteiger partial charge >= 0.3 is 6.18 Å². The highest BCUT2D eigenvalue weighted by molar-refractivity contribution is 6.11. The van der Waals surface area contributed by atoms with E-state index in [2.05, 4.69) is 40.7 Å². The Balaban J connectivity index is 1.59. The van der Waals surface area contributed by atoms with E-state index in [9.17, 15) is 27.2 Å². The maximum atomic E-state index is 15.4. The molecule has 1 aliphatic heterocycles. The normalized spacial score (nSPS) is 13.9. The first-order valence-electron chi connectivity index (χ1n) is 15.2. The molecule has 2 aromatic carbocycles. The van der Waals surface area contributed by atoms with Gasteiger partial charge in [-0.2, -0.15) is 13.2 Å². The highest BCUT2D eigenvalue weighted by Crippen LogP contribution is 2.43. The van der Waals surface area contributed by atoms with Crippen molar-refractivity contribution in [1.29, 1.82) is 0 Å². The SMILES string of the molecule is C=C(F)C(=O)Nc1ccc(-c2c(-c3ccc(C(=O)NCC(F)(F)F)c(F)c3)c3c(N)ncc(C#CCOC4CCN(C)CC4)c3n2C)cc1. The molecule has 1 saturated heterocycles. The number of ether oxygens (including phenoxy) is 1. The number of hydrogen-bond donors (Lipinski definition) is 3. The average molecular weight is 681 g/mol. The lowest BCUT2D eigenvalue weighted by Crippen LogP contribution is -2.34. The van der Waals surface area contributed by atoms with Crippen molar-refractivity contribution in [3.8, 4) is 34.2 Å². The molecule has 49 heavy (non-hydrogen) atoms. The van der Waals surface area contributed by atoms with Crippen LogP contribution in [0.4, 0.5) is 33.5 Å². The molecule has 2 amide bonds. The van der Waals surface area contributed by atoms with E-state index in [1.165, 1.54) is 24.4 Å². The maximum absolute atomic E-state index is 15.4. The summed E-state index contributed by atoms with van der Waals surface area (Å²) < 4.78 is 74.5. The molecule has 256 valence electrons. The van der Waals surface area contributed by atoms with Gasteiger partial charge in [-0.3, -0.25) is 9.59 Å². The number of hydrogen-bond acceptors (Lipinski definition) is 6. The highest BCUT2D eigenvalue weighted by Gasteiger charge is 2.29. The molecule has 5 rings (SSSR count). The molecule has 0 aliphatic carbocycles. The number of likely N-dealkylation sites (tertiary alicyclic amines) is 1. The number of carbonyl (C=O) groups is 2. The lowest BCUT2D eigenvalue weighted by Gasteiger charge is -2.28. The van der Waals surface area contributed by atoms with Crippen LogP contribution >= 0.6 is 0 Å². The van der Waals surface area contributed by atoms with Crippen molar-refractivity contribution in [2.24, 2.45) is 7.05 Å². The van der Waals surface area contributed by atoms with Crippen molar-refractivity contribution in [3.63, 3.8) is 0 Å². The number of nitrogen functional groups attached to an aromatic ring is 1. The number of anilines is 2. The second-order valence-corrected chi connectivity index (χ2v) is 11.6. The van der Waals surface area contributed by atoms with E-state index in [1.54, 1.807) is 29.1 Å². The van der Waals surface area contributed by atoms with Gasteiger partial charge < -0.3 is 30.6 Å². The Kier molecular flexibility index (Phi) is 10.4. The number of carbonyl (C=O) groups excluding carboxylic acids is 2. The zero-order valence-corrected chi connectivity index (χ0v) is 26.7. The molecule has 9 nitrogen and oxygen atoms in total. The third-order valence-corrected chi connectivity index (χ3v) is 8.13. The summed E-state index contributed by atoms with van der Waals surface area (Å²) >= 11 is 0. The molecular weight excluding hydrogens is 647 g/mol. The quantitative estimate of drug-likeness (QED) is 0.123. The number of alkyl halides is 3. The topological polar surface area (TPSA) is 115 Å². The molecule has 0 spiro atoms. The maximum Gasteiger partial charge on any atom is 0.405 e. The summed E-state index contributed by atoms with van der Waals surface area (Å²) in [7, 11) is 3.81. The molecule has 4 N–H and O–H groups in total. The Morgan fingerprint density at radius 3 is 2.41 bits per heavy atom. The zero-order chi connectivity index (χ0) is 35.5. The van der Waals surface area contributed by atoms with Gasteiger partial charge in [-0.1, -0.05) is 36.6 Å². The van der Waals surface area contributed by atoms with Gasteiger partial charge in [0.15, 0.2) is 5.83 Å². The number of amides is 2. The second kappa shape index (κ2) is 14.5. The van der Waals surface area contributed by atoms with Crippen LogP contribution in [0, 0.1) is 17.7 Å². The molecule has 0 unspecified atom stereocenters. The lowest BCUT2D eigenvalue weighted by atomic mass is 9.96. The molecule has 4 aromatic rings. The number of fused-ring (bicyclic) bond motifs is 1. The predicted molar refractivity (Wildman–Crippen MR) is 177 cm³/mol. The molecule has 1 aliphatic rings. The van der Waals surface area contributed by atoms with Crippen LogP contribution in [0.2, 0.25) is 0 Å². The minimum Gasteiger partial charge on any atom is -0.383 e. The minimum absolute atomic E-state index is 0.0951. The van der Waals surface area contributed by atoms with Crippen LogP contribution in [0.5, 0.6) is 0 Å². The largest absolute Gasteiger partial charge is 0.405 e. The number of halogens is 5. The molecule has 14 heteroatoms. The first-order chi connectivity index (χ1) is 23.2. The van der Waals surface area contributed by atoms with E-state index in [4.69, 9.17) is 10.5 Å². The van der Waals surface area contributed by atoms with E-state index in [-0.39, 0.29) is 29.8 Å². The van der Waals surface area contributed by atoms with Crippen LogP contribution in [-0.2, 0) is 16.6 Å². The molecule has 3 heterocycles. The van der Waals surface area contributed by atoms with Crippen molar-refractivity contribution in [1.82, 2.24) is 19.8 Å². The zero-order valence-electron chi connectivity index (χ0n) is 26.7. The molecule has 0 bridgehead atoms.